The number of phosphoric acid groups is 1. The fourth-order valence-corrected chi connectivity index (χ4v) is 5.87. The Morgan fingerprint density at radius 2 is 1.06 bits per heavy atom. The number of hydrogen-bond acceptors (Lipinski definition) is 9. The van der Waals surface area contributed by atoms with Gasteiger partial charge in [-0.15, -0.1) is 0 Å². The molecule has 0 aromatic rings. The molecule has 3 unspecified atom stereocenters. The molecule has 4 N–H and O–H groups in total. The molecule has 0 aromatic heterocycles. The van der Waals surface area contributed by atoms with Crippen LogP contribution in [0, 0.1) is 0 Å². The fourth-order valence-electron chi connectivity index (χ4n) is 5.09. The van der Waals surface area contributed by atoms with Crippen LogP contribution < -0.4 is 5.73 Å². The van der Waals surface area contributed by atoms with E-state index in [-0.39, 0.29) is 19.4 Å². The maximum absolute atomic E-state index is 12.6. The maximum atomic E-state index is 12.6. The summed E-state index contributed by atoms with van der Waals surface area (Å²) in [6, 6.07) is -1.52. The molecule has 0 saturated carbocycles. The summed E-state index contributed by atoms with van der Waals surface area (Å²) in [4.78, 5) is 45.7. The second-order valence-corrected chi connectivity index (χ2v) is 14.5. The molecule has 0 aliphatic carbocycles. The smallest absolute Gasteiger partial charge is 0.472 e. The monoisotopic (exact) mass is 731 g/mol. The molecule has 0 aromatic carbocycles. The second-order valence-electron chi connectivity index (χ2n) is 13.1. The van der Waals surface area contributed by atoms with Crippen LogP contribution in [0.1, 0.15) is 168 Å². The lowest BCUT2D eigenvalue weighted by Gasteiger charge is -2.20. The summed E-state index contributed by atoms with van der Waals surface area (Å²) >= 11 is 0. The molecule has 0 bridgehead atoms. The lowest BCUT2D eigenvalue weighted by molar-refractivity contribution is -0.161. The molecule has 0 spiro atoms. The van der Waals surface area contributed by atoms with Gasteiger partial charge in [0.1, 0.15) is 12.6 Å². The zero-order valence-corrected chi connectivity index (χ0v) is 32.1. The number of ether oxygens (including phenoxy) is 2. The van der Waals surface area contributed by atoms with E-state index in [9.17, 15) is 23.8 Å². The van der Waals surface area contributed by atoms with Crippen molar-refractivity contribution in [3.05, 3.63) is 24.3 Å². The van der Waals surface area contributed by atoms with E-state index in [4.69, 9.17) is 24.8 Å². The fraction of sp³-hybridized carbons (Fsp3) is 0.816. The first-order chi connectivity index (χ1) is 24.1. The Labute approximate surface area is 302 Å². The third-order valence-electron chi connectivity index (χ3n) is 8.20. The zero-order valence-electron chi connectivity index (χ0n) is 31.2. The molecule has 3 atom stereocenters. The summed E-state index contributed by atoms with van der Waals surface area (Å²) in [5.74, 6) is -2.40. The molecular formula is C38H70NO10P. The third-order valence-corrected chi connectivity index (χ3v) is 9.15. The second kappa shape index (κ2) is 34.1. The van der Waals surface area contributed by atoms with Crippen LogP contribution in [0.2, 0.25) is 0 Å². The SMILES string of the molecule is CCCCCC/C=C\C/C=C\CCCCCCCC(=O)OC(COC(=O)CCCCCCCCCCCC)COP(=O)(O)OCC(N)C(=O)O. The van der Waals surface area contributed by atoms with Gasteiger partial charge in [0.05, 0.1) is 13.2 Å². The molecule has 0 radical (unpaired) electrons. The highest BCUT2D eigenvalue weighted by molar-refractivity contribution is 7.47. The number of phosphoric ester groups is 1. The van der Waals surface area contributed by atoms with Gasteiger partial charge < -0.3 is 25.2 Å². The van der Waals surface area contributed by atoms with Crippen LogP contribution in [0.25, 0.3) is 0 Å². The van der Waals surface area contributed by atoms with E-state index in [0.29, 0.717) is 12.8 Å². The molecule has 0 rings (SSSR count). The number of hydrogen-bond donors (Lipinski definition) is 3. The quantitative estimate of drug-likeness (QED) is 0.0242. The first-order valence-corrected chi connectivity index (χ1v) is 20.9. The minimum absolute atomic E-state index is 0.147. The van der Waals surface area contributed by atoms with Crippen LogP contribution >= 0.6 is 7.82 Å². The molecule has 0 saturated heterocycles. The van der Waals surface area contributed by atoms with Crippen LogP contribution in [0.5, 0.6) is 0 Å². The Bertz CT molecular complexity index is 958. The lowest BCUT2D eigenvalue weighted by atomic mass is 10.1. The van der Waals surface area contributed by atoms with Crippen molar-refractivity contribution < 1.29 is 47.5 Å². The lowest BCUT2D eigenvalue weighted by Crippen LogP contribution is -2.34. The molecule has 0 heterocycles. The molecule has 0 amide bonds. The maximum Gasteiger partial charge on any atom is 0.472 e. The largest absolute Gasteiger partial charge is 0.480 e. The van der Waals surface area contributed by atoms with E-state index in [0.717, 1.165) is 64.2 Å². The molecule has 0 fully saturated rings. The number of carboxylic acid groups (broad SMARTS) is 1. The summed E-state index contributed by atoms with van der Waals surface area (Å²) in [6.07, 6.45) is 32.5. The predicted molar refractivity (Wildman–Crippen MR) is 199 cm³/mol. The molecule has 0 aliphatic rings. The summed E-state index contributed by atoms with van der Waals surface area (Å²) in [5, 5.41) is 8.85. The molecule has 50 heavy (non-hydrogen) atoms. The van der Waals surface area contributed by atoms with Gasteiger partial charge in [0.15, 0.2) is 6.10 Å². The van der Waals surface area contributed by atoms with E-state index >= 15 is 0 Å². The Morgan fingerprint density at radius 1 is 0.620 bits per heavy atom. The Morgan fingerprint density at radius 3 is 1.58 bits per heavy atom. The number of esters is 2. The highest BCUT2D eigenvalue weighted by Gasteiger charge is 2.28. The topological polar surface area (TPSA) is 172 Å². The molecule has 12 heteroatoms. The van der Waals surface area contributed by atoms with Crippen molar-refractivity contribution in [3.63, 3.8) is 0 Å². The van der Waals surface area contributed by atoms with Crippen molar-refractivity contribution in [2.75, 3.05) is 19.8 Å². The predicted octanol–water partition coefficient (Wildman–Crippen LogP) is 9.50. The summed E-state index contributed by atoms with van der Waals surface area (Å²) in [5.41, 5.74) is 5.31. The average molecular weight is 732 g/mol. The van der Waals surface area contributed by atoms with Gasteiger partial charge >= 0.3 is 25.7 Å². The number of allylic oxidation sites excluding steroid dienone is 4. The van der Waals surface area contributed by atoms with Crippen LogP contribution in [0.15, 0.2) is 24.3 Å². The van der Waals surface area contributed by atoms with Gasteiger partial charge in [0, 0.05) is 12.8 Å². The molecule has 11 nitrogen and oxygen atoms in total. The van der Waals surface area contributed by atoms with E-state index in [1.165, 1.54) is 64.2 Å². The number of unbranched alkanes of at least 4 members (excludes halogenated alkanes) is 18. The standard InChI is InChI=1S/C38H70NO10P/c1-3-5-7-9-11-13-15-16-17-18-19-20-22-24-26-28-30-37(41)49-34(32-47-50(44,45)48-33-35(39)38(42)43)31-46-36(40)29-27-25-23-21-14-12-10-8-6-4-2/h13,15,17-18,34-35H,3-12,14,16,19-33,39H2,1-2H3,(H,42,43)(H,44,45)/b15-13-,18-17-. The van der Waals surface area contributed by atoms with E-state index < -0.39 is 51.1 Å². The minimum Gasteiger partial charge on any atom is -0.480 e. The summed E-state index contributed by atoms with van der Waals surface area (Å²) < 4.78 is 32.5. The minimum atomic E-state index is -4.71. The molecule has 0 aliphatic heterocycles. The van der Waals surface area contributed by atoms with Crippen molar-refractivity contribution in [1.29, 1.82) is 0 Å². The number of carboxylic acids is 1. The Hall–Kier alpha value is -2.04. The number of carbonyl (C=O) groups excluding carboxylic acids is 2. The zero-order chi connectivity index (χ0) is 37.1. The van der Waals surface area contributed by atoms with Crippen LogP contribution in [-0.4, -0.2) is 59.9 Å². The van der Waals surface area contributed by atoms with Crippen molar-refractivity contribution in [2.24, 2.45) is 5.73 Å². The van der Waals surface area contributed by atoms with Gasteiger partial charge in [-0.1, -0.05) is 134 Å². The van der Waals surface area contributed by atoms with E-state index in [1.54, 1.807) is 0 Å². The first-order valence-electron chi connectivity index (χ1n) is 19.4. The van der Waals surface area contributed by atoms with Crippen LogP contribution in [0.3, 0.4) is 0 Å². The normalized spacial score (nSPS) is 14.2. The highest BCUT2D eigenvalue weighted by Crippen LogP contribution is 2.43. The van der Waals surface area contributed by atoms with E-state index in [1.807, 2.05) is 0 Å². The number of aliphatic carboxylic acids is 1. The van der Waals surface area contributed by atoms with E-state index in [2.05, 4.69) is 42.7 Å². The van der Waals surface area contributed by atoms with Gasteiger partial charge in [-0.3, -0.25) is 23.4 Å². The van der Waals surface area contributed by atoms with Gasteiger partial charge in [0.25, 0.3) is 0 Å². The molecule has 292 valence electrons. The molecular weight excluding hydrogens is 661 g/mol. The number of carbonyl (C=O) groups is 3. The highest BCUT2D eigenvalue weighted by atomic mass is 31.2. The van der Waals surface area contributed by atoms with Gasteiger partial charge in [-0.2, -0.15) is 0 Å². The summed E-state index contributed by atoms with van der Waals surface area (Å²) in [6.45, 7) is 2.74. The van der Waals surface area contributed by atoms with Crippen molar-refractivity contribution in [2.45, 2.75) is 180 Å². The van der Waals surface area contributed by atoms with Gasteiger partial charge in [0.2, 0.25) is 0 Å². The Balaban J connectivity index is 4.44. The summed E-state index contributed by atoms with van der Waals surface area (Å²) in [7, 11) is -4.71. The van der Waals surface area contributed by atoms with Crippen LogP contribution in [0.4, 0.5) is 0 Å². The van der Waals surface area contributed by atoms with Gasteiger partial charge in [-0.05, 0) is 44.9 Å². The third kappa shape index (κ3) is 33.1. The Kier molecular flexibility index (Phi) is 32.7. The van der Waals surface area contributed by atoms with Crippen molar-refractivity contribution >= 4 is 25.7 Å². The van der Waals surface area contributed by atoms with Crippen LogP contribution in [-0.2, 0) is 37.5 Å². The van der Waals surface area contributed by atoms with Crippen molar-refractivity contribution in [3.8, 4) is 0 Å². The average Bonchev–Trinajstić information content (AvgIpc) is 3.09. The van der Waals surface area contributed by atoms with Gasteiger partial charge in [-0.25, -0.2) is 4.57 Å². The number of rotatable bonds is 36. The first kappa shape index (κ1) is 48.0. The van der Waals surface area contributed by atoms with Crippen molar-refractivity contribution in [1.82, 2.24) is 0 Å². The number of nitrogens with two attached hydrogens (primary N) is 1.